The van der Waals surface area contributed by atoms with Gasteiger partial charge in [0.2, 0.25) is 0 Å². The van der Waals surface area contributed by atoms with E-state index in [-0.39, 0.29) is 6.61 Å². The van der Waals surface area contributed by atoms with E-state index in [1.54, 1.807) is 11.8 Å². The van der Waals surface area contributed by atoms with E-state index in [0.29, 0.717) is 0 Å². The maximum absolute atomic E-state index is 9.66. The van der Waals surface area contributed by atoms with Gasteiger partial charge in [-0.3, -0.25) is 0 Å². The van der Waals surface area contributed by atoms with Gasteiger partial charge in [0, 0.05) is 11.1 Å². The van der Waals surface area contributed by atoms with Crippen LogP contribution in [0.4, 0.5) is 0 Å². The number of hydrogen-bond donors (Lipinski definition) is 1. The van der Waals surface area contributed by atoms with Crippen molar-refractivity contribution in [2.45, 2.75) is 35.8 Å². The van der Waals surface area contributed by atoms with Crippen LogP contribution < -0.4 is 0 Å². The molecule has 0 saturated heterocycles. The van der Waals surface area contributed by atoms with Crippen molar-refractivity contribution < 1.29 is 5.11 Å². The molecular weight excluding hydrogens is 280 g/mol. The van der Waals surface area contributed by atoms with E-state index in [2.05, 4.69) is 23.2 Å². The van der Waals surface area contributed by atoms with Crippen LogP contribution in [0.2, 0.25) is 0 Å². The third-order valence-electron chi connectivity index (χ3n) is 4.03. The van der Waals surface area contributed by atoms with E-state index in [1.165, 1.54) is 35.3 Å². The first-order valence-electron chi connectivity index (χ1n) is 7.21. The van der Waals surface area contributed by atoms with E-state index in [0.717, 1.165) is 16.4 Å². The Kier molecular flexibility index (Phi) is 3.20. The van der Waals surface area contributed by atoms with Crippen molar-refractivity contribution >= 4 is 17.4 Å². The Morgan fingerprint density at radius 2 is 2.05 bits per heavy atom. The van der Waals surface area contributed by atoms with Crippen LogP contribution in [0.25, 0.3) is 5.65 Å². The molecule has 2 heterocycles. The summed E-state index contributed by atoms with van der Waals surface area (Å²) in [4.78, 5) is 5.84. The zero-order valence-corrected chi connectivity index (χ0v) is 12.4. The summed E-state index contributed by atoms with van der Waals surface area (Å²) < 4.78 is 1.95. The number of aliphatic hydroxyl groups excluding tert-OH is 1. The minimum Gasteiger partial charge on any atom is -0.390 e. The SMILES string of the molecule is OCc1c(Sc2ccc3c(c2)CCC3)nc2ccccn12. The topological polar surface area (TPSA) is 37.5 Å². The average molecular weight is 296 g/mol. The molecule has 1 aliphatic rings. The van der Waals surface area contributed by atoms with Crippen molar-refractivity contribution in [3.63, 3.8) is 0 Å². The zero-order chi connectivity index (χ0) is 14.2. The van der Waals surface area contributed by atoms with Crippen molar-refractivity contribution in [2.75, 3.05) is 0 Å². The first-order chi connectivity index (χ1) is 10.3. The number of imidazole rings is 1. The monoisotopic (exact) mass is 296 g/mol. The average Bonchev–Trinajstić information content (AvgIpc) is 3.10. The van der Waals surface area contributed by atoms with Crippen molar-refractivity contribution in [3.8, 4) is 0 Å². The molecule has 106 valence electrons. The van der Waals surface area contributed by atoms with Crippen molar-refractivity contribution in [2.24, 2.45) is 0 Å². The Morgan fingerprint density at radius 1 is 1.14 bits per heavy atom. The smallest absolute Gasteiger partial charge is 0.138 e. The van der Waals surface area contributed by atoms with Gasteiger partial charge in [-0.2, -0.15) is 0 Å². The predicted octanol–water partition coefficient (Wildman–Crippen LogP) is 3.47. The molecule has 3 nitrogen and oxygen atoms in total. The lowest BCUT2D eigenvalue weighted by Crippen LogP contribution is -1.92. The molecule has 1 aromatic carbocycles. The number of rotatable bonds is 3. The van der Waals surface area contributed by atoms with Crippen LogP contribution in [0.1, 0.15) is 23.2 Å². The van der Waals surface area contributed by atoms with E-state index in [9.17, 15) is 5.11 Å². The Bertz CT molecular complexity index is 810. The first kappa shape index (κ1) is 12.9. The van der Waals surface area contributed by atoms with Crippen LogP contribution in [0, 0.1) is 0 Å². The summed E-state index contributed by atoms with van der Waals surface area (Å²) >= 11 is 1.64. The van der Waals surface area contributed by atoms with Gasteiger partial charge in [-0.15, -0.1) is 0 Å². The first-order valence-corrected chi connectivity index (χ1v) is 8.03. The third kappa shape index (κ3) is 2.24. The molecule has 21 heavy (non-hydrogen) atoms. The largest absolute Gasteiger partial charge is 0.390 e. The number of aryl methyl sites for hydroxylation is 2. The summed E-state index contributed by atoms with van der Waals surface area (Å²) in [6.45, 7) is -0.00153. The minimum absolute atomic E-state index is 0.00153. The maximum Gasteiger partial charge on any atom is 0.138 e. The Morgan fingerprint density at radius 3 is 2.95 bits per heavy atom. The summed E-state index contributed by atoms with van der Waals surface area (Å²) in [5.41, 5.74) is 4.69. The third-order valence-corrected chi connectivity index (χ3v) is 5.04. The fourth-order valence-corrected chi connectivity index (χ4v) is 3.95. The Labute approximate surface area is 127 Å². The van der Waals surface area contributed by atoms with E-state index >= 15 is 0 Å². The molecule has 4 rings (SSSR count). The normalized spacial score (nSPS) is 13.8. The lowest BCUT2D eigenvalue weighted by molar-refractivity contribution is 0.272. The van der Waals surface area contributed by atoms with Gasteiger partial charge in [-0.1, -0.05) is 23.9 Å². The Hall–Kier alpha value is -1.78. The summed E-state index contributed by atoms with van der Waals surface area (Å²) in [7, 11) is 0. The molecule has 3 aromatic rings. The number of aromatic nitrogens is 2. The number of fused-ring (bicyclic) bond motifs is 2. The highest BCUT2D eigenvalue weighted by Gasteiger charge is 2.15. The fraction of sp³-hybridized carbons (Fsp3) is 0.235. The molecule has 1 aliphatic carbocycles. The summed E-state index contributed by atoms with van der Waals surface area (Å²) in [6, 6.07) is 12.6. The van der Waals surface area contributed by atoms with Gasteiger partial charge in [0.1, 0.15) is 10.7 Å². The molecule has 0 unspecified atom stereocenters. The number of nitrogens with zero attached hydrogens (tertiary/aromatic N) is 2. The van der Waals surface area contributed by atoms with Crippen LogP contribution in [0.5, 0.6) is 0 Å². The summed E-state index contributed by atoms with van der Waals surface area (Å²) in [6.07, 6.45) is 5.60. The van der Waals surface area contributed by atoms with Crippen molar-refractivity contribution in [1.29, 1.82) is 0 Å². The van der Waals surface area contributed by atoms with Gasteiger partial charge < -0.3 is 9.51 Å². The molecule has 0 bridgehead atoms. The second kappa shape index (κ2) is 5.20. The van der Waals surface area contributed by atoms with Gasteiger partial charge in [0.05, 0.1) is 12.3 Å². The van der Waals surface area contributed by atoms with Crippen LogP contribution >= 0.6 is 11.8 Å². The molecule has 4 heteroatoms. The van der Waals surface area contributed by atoms with Crippen LogP contribution in [-0.4, -0.2) is 14.5 Å². The molecule has 2 aromatic heterocycles. The van der Waals surface area contributed by atoms with Crippen molar-refractivity contribution in [3.05, 3.63) is 59.4 Å². The molecule has 0 saturated carbocycles. The van der Waals surface area contributed by atoms with E-state index < -0.39 is 0 Å². The van der Waals surface area contributed by atoms with Crippen LogP contribution in [0.3, 0.4) is 0 Å². The van der Waals surface area contributed by atoms with Crippen LogP contribution in [0.15, 0.2) is 52.5 Å². The number of pyridine rings is 1. The molecule has 0 aliphatic heterocycles. The highest BCUT2D eigenvalue weighted by molar-refractivity contribution is 7.99. The molecule has 0 amide bonds. The summed E-state index contributed by atoms with van der Waals surface area (Å²) in [5.74, 6) is 0. The van der Waals surface area contributed by atoms with E-state index in [1.807, 2.05) is 28.8 Å². The highest BCUT2D eigenvalue weighted by Crippen LogP contribution is 2.33. The second-order valence-electron chi connectivity index (χ2n) is 5.34. The molecule has 0 atom stereocenters. The minimum atomic E-state index is -0.00153. The summed E-state index contributed by atoms with van der Waals surface area (Å²) in [5, 5.41) is 10.6. The highest BCUT2D eigenvalue weighted by atomic mass is 32.2. The van der Waals surface area contributed by atoms with Gasteiger partial charge in [-0.25, -0.2) is 4.98 Å². The molecule has 0 fully saturated rings. The van der Waals surface area contributed by atoms with Gasteiger partial charge in [0.15, 0.2) is 0 Å². The fourth-order valence-electron chi connectivity index (χ4n) is 2.97. The second-order valence-corrected chi connectivity index (χ2v) is 6.40. The van der Waals surface area contributed by atoms with E-state index in [4.69, 9.17) is 0 Å². The van der Waals surface area contributed by atoms with Crippen LogP contribution in [-0.2, 0) is 19.4 Å². The number of hydrogen-bond acceptors (Lipinski definition) is 3. The van der Waals surface area contributed by atoms with Gasteiger partial charge >= 0.3 is 0 Å². The Balaban J connectivity index is 1.74. The zero-order valence-electron chi connectivity index (χ0n) is 11.6. The number of aliphatic hydroxyl groups is 1. The molecular formula is C17H16N2OS. The van der Waals surface area contributed by atoms with Gasteiger partial charge in [-0.05, 0) is 54.7 Å². The maximum atomic E-state index is 9.66. The van der Waals surface area contributed by atoms with Gasteiger partial charge in [0.25, 0.3) is 0 Å². The molecule has 0 spiro atoms. The quantitative estimate of drug-likeness (QED) is 0.804. The molecule has 1 N–H and O–H groups in total. The lowest BCUT2D eigenvalue weighted by Gasteiger charge is -2.04. The standard InChI is InChI=1S/C17H16N2OS/c20-11-15-17(18-16-6-1-2-9-19(15)16)21-14-8-7-12-4-3-5-13(12)10-14/h1-2,6-10,20H,3-5,11H2. The molecule has 0 radical (unpaired) electrons. The predicted molar refractivity (Wildman–Crippen MR) is 83.7 cm³/mol. The lowest BCUT2D eigenvalue weighted by atomic mass is 10.1. The number of benzene rings is 1. The van der Waals surface area contributed by atoms with Crippen molar-refractivity contribution in [1.82, 2.24) is 9.38 Å².